The van der Waals surface area contributed by atoms with Crippen LogP contribution in [0.4, 0.5) is 0 Å². The van der Waals surface area contributed by atoms with E-state index in [0.717, 1.165) is 13.1 Å². The van der Waals surface area contributed by atoms with Crippen molar-refractivity contribution in [3.63, 3.8) is 0 Å². The largest absolute Gasteiger partial charge is 0.318 e. The molecule has 2 nitrogen and oxygen atoms in total. The lowest BCUT2D eigenvalue weighted by Gasteiger charge is -2.36. The normalized spacial score (nSPS) is 12.1. The van der Waals surface area contributed by atoms with Crippen LogP contribution in [-0.4, -0.2) is 31.1 Å². The Labute approximate surface area is 99.7 Å². The van der Waals surface area contributed by atoms with Crippen LogP contribution in [-0.2, 0) is 6.54 Å². The molecular weight excluding hydrogens is 196 g/mol. The molecule has 0 fully saturated rings. The van der Waals surface area contributed by atoms with Crippen molar-refractivity contribution in [1.29, 1.82) is 0 Å². The maximum absolute atomic E-state index is 3.25. The molecule has 0 heterocycles. The summed E-state index contributed by atoms with van der Waals surface area (Å²) in [7, 11) is 4.19. The highest BCUT2D eigenvalue weighted by Crippen LogP contribution is 2.17. The van der Waals surface area contributed by atoms with E-state index < -0.39 is 0 Å². The molecule has 0 amide bonds. The van der Waals surface area contributed by atoms with Gasteiger partial charge in [-0.15, -0.1) is 0 Å². The lowest BCUT2D eigenvalue weighted by atomic mass is 10.0. The van der Waals surface area contributed by atoms with Gasteiger partial charge in [0.1, 0.15) is 0 Å². The number of aryl methyl sites for hydroxylation is 1. The summed E-state index contributed by atoms with van der Waals surface area (Å²) in [4.78, 5) is 2.39. The first-order valence-electron chi connectivity index (χ1n) is 5.88. The molecule has 1 rings (SSSR count). The fourth-order valence-corrected chi connectivity index (χ4v) is 1.82. The number of hydrogen-bond donors (Lipinski definition) is 1. The van der Waals surface area contributed by atoms with Crippen molar-refractivity contribution in [2.75, 3.05) is 20.6 Å². The maximum Gasteiger partial charge on any atom is 0.0278 e. The highest BCUT2D eigenvalue weighted by molar-refractivity contribution is 5.25. The molecule has 0 bridgehead atoms. The number of likely N-dealkylation sites (N-methyl/N-ethyl adjacent to an activating group) is 2. The smallest absolute Gasteiger partial charge is 0.0278 e. The van der Waals surface area contributed by atoms with E-state index in [1.807, 2.05) is 7.05 Å². The highest BCUT2D eigenvalue weighted by atomic mass is 15.2. The Morgan fingerprint density at radius 2 is 1.88 bits per heavy atom. The van der Waals surface area contributed by atoms with Gasteiger partial charge in [0.25, 0.3) is 0 Å². The number of hydrogen-bond acceptors (Lipinski definition) is 2. The molecule has 0 saturated heterocycles. The molecule has 0 saturated carbocycles. The molecule has 0 spiro atoms. The second-order valence-corrected chi connectivity index (χ2v) is 5.13. The lowest BCUT2D eigenvalue weighted by molar-refractivity contribution is 0.147. The highest BCUT2D eigenvalue weighted by Gasteiger charge is 2.22. The molecule has 0 radical (unpaired) electrons. The van der Waals surface area contributed by atoms with Gasteiger partial charge in [0, 0.05) is 18.6 Å². The molecule has 1 aromatic carbocycles. The van der Waals surface area contributed by atoms with Crippen molar-refractivity contribution in [3.05, 3.63) is 35.4 Å². The monoisotopic (exact) mass is 220 g/mol. The Bertz CT molecular complexity index is 331. The first kappa shape index (κ1) is 13.2. The second kappa shape index (κ2) is 5.46. The molecule has 2 heteroatoms. The van der Waals surface area contributed by atoms with Crippen LogP contribution < -0.4 is 5.32 Å². The van der Waals surface area contributed by atoms with Gasteiger partial charge in [-0.25, -0.2) is 0 Å². The van der Waals surface area contributed by atoms with Crippen molar-refractivity contribution in [2.24, 2.45) is 0 Å². The van der Waals surface area contributed by atoms with Crippen LogP contribution in [0.2, 0.25) is 0 Å². The Hall–Kier alpha value is -0.860. The van der Waals surface area contributed by atoms with Gasteiger partial charge in [0.15, 0.2) is 0 Å². The molecule has 0 aromatic heterocycles. The summed E-state index contributed by atoms with van der Waals surface area (Å²) in [6.45, 7) is 8.70. The van der Waals surface area contributed by atoms with Gasteiger partial charge in [-0.2, -0.15) is 0 Å². The number of benzene rings is 1. The van der Waals surface area contributed by atoms with E-state index in [1.165, 1.54) is 11.1 Å². The average molecular weight is 220 g/mol. The predicted molar refractivity (Wildman–Crippen MR) is 70.7 cm³/mol. The van der Waals surface area contributed by atoms with Crippen molar-refractivity contribution >= 4 is 0 Å². The van der Waals surface area contributed by atoms with E-state index >= 15 is 0 Å². The van der Waals surface area contributed by atoms with E-state index in [4.69, 9.17) is 0 Å². The Balaban J connectivity index is 2.71. The summed E-state index contributed by atoms with van der Waals surface area (Å²) in [5.41, 5.74) is 2.96. The summed E-state index contributed by atoms with van der Waals surface area (Å²) >= 11 is 0. The standard InChI is InChI=1S/C14H24N2/c1-12-8-6-7-9-13(12)10-16(5)14(2,3)11-15-4/h6-9,15H,10-11H2,1-5H3. The summed E-state index contributed by atoms with van der Waals surface area (Å²) in [5.74, 6) is 0. The third kappa shape index (κ3) is 3.32. The third-order valence-electron chi connectivity index (χ3n) is 3.31. The predicted octanol–water partition coefficient (Wildman–Crippen LogP) is 2.42. The van der Waals surface area contributed by atoms with Gasteiger partial charge < -0.3 is 5.32 Å². The summed E-state index contributed by atoms with van der Waals surface area (Å²) < 4.78 is 0. The fourth-order valence-electron chi connectivity index (χ4n) is 1.82. The SMILES string of the molecule is CNCC(C)(C)N(C)Cc1ccccc1C. The average Bonchev–Trinajstić information content (AvgIpc) is 2.21. The van der Waals surface area contributed by atoms with E-state index in [2.05, 4.69) is 62.3 Å². The minimum atomic E-state index is 0.178. The number of nitrogens with one attached hydrogen (secondary N) is 1. The van der Waals surface area contributed by atoms with Gasteiger partial charge in [0.2, 0.25) is 0 Å². The van der Waals surface area contributed by atoms with Crippen LogP contribution >= 0.6 is 0 Å². The van der Waals surface area contributed by atoms with Crippen molar-refractivity contribution in [3.8, 4) is 0 Å². The van der Waals surface area contributed by atoms with E-state index in [9.17, 15) is 0 Å². The number of nitrogens with zero attached hydrogens (tertiary/aromatic N) is 1. The second-order valence-electron chi connectivity index (χ2n) is 5.13. The fraction of sp³-hybridized carbons (Fsp3) is 0.571. The zero-order valence-electron chi connectivity index (χ0n) is 11.2. The summed E-state index contributed by atoms with van der Waals surface area (Å²) in [6, 6.07) is 8.59. The molecule has 1 aromatic rings. The van der Waals surface area contributed by atoms with E-state index in [1.54, 1.807) is 0 Å². The molecule has 0 aliphatic carbocycles. The number of rotatable bonds is 5. The van der Waals surface area contributed by atoms with E-state index in [0.29, 0.717) is 0 Å². The van der Waals surface area contributed by atoms with Crippen LogP contribution in [0, 0.1) is 6.92 Å². The third-order valence-corrected chi connectivity index (χ3v) is 3.31. The topological polar surface area (TPSA) is 15.3 Å². The Morgan fingerprint density at radius 1 is 1.25 bits per heavy atom. The van der Waals surface area contributed by atoms with Gasteiger partial charge in [-0.1, -0.05) is 24.3 Å². The minimum absolute atomic E-state index is 0.178. The summed E-state index contributed by atoms with van der Waals surface area (Å²) in [6.07, 6.45) is 0. The Kier molecular flexibility index (Phi) is 4.51. The molecule has 0 unspecified atom stereocenters. The van der Waals surface area contributed by atoms with Gasteiger partial charge in [-0.05, 0) is 46.0 Å². The van der Waals surface area contributed by atoms with Gasteiger partial charge in [0.05, 0.1) is 0 Å². The minimum Gasteiger partial charge on any atom is -0.318 e. The van der Waals surface area contributed by atoms with Crippen molar-refractivity contribution in [1.82, 2.24) is 10.2 Å². The molecule has 0 aliphatic rings. The Morgan fingerprint density at radius 3 is 2.44 bits per heavy atom. The van der Waals surface area contributed by atoms with Crippen molar-refractivity contribution in [2.45, 2.75) is 32.9 Å². The molecule has 0 aliphatic heterocycles. The van der Waals surface area contributed by atoms with Crippen LogP contribution in [0.5, 0.6) is 0 Å². The lowest BCUT2D eigenvalue weighted by Crippen LogP contribution is -2.47. The van der Waals surface area contributed by atoms with Crippen LogP contribution in [0.1, 0.15) is 25.0 Å². The molecule has 16 heavy (non-hydrogen) atoms. The summed E-state index contributed by atoms with van der Waals surface area (Å²) in [5, 5.41) is 3.25. The quantitative estimate of drug-likeness (QED) is 0.820. The van der Waals surface area contributed by atoms with Crippen LogP contribution in [0.3, 0.4) is 0 Å². The first-order chi connectivity index (χ1) is 7.47. The van der Waals surface area contributed by atoms with Crippen LogP contribution in [0.25, 0.3) is 0 Å². The zero-order chi connectivity index (χ0) is 12.2. The van der Waals surface area contributed by atoms with Crippen LogP contribution in [0.15, 0.2) is 24.3 Å². The molecule has 0 atom stereocenters. The van der Waals surface area contributed by atoms with E-state index in [-0.39, 0.29) is 5.54 Å². The molecule has 1 N–H and O–H groups in total. The first-order valence-corrected chi connectivity index (χ1v) is 5.88. The zero-order valence-corrected chi connectivity index (χ0v) is 11.2. The molecule has 90 valence electrons. The maximum atomic E-state index is 3.25. The van der Waals surface area contributed by atoms with Crippen molar-refractivity contribution < 1.29 is 0 Å². The molecular formula is C14H24N2. The van der Waals surface area contributed by atoms with Gasteiger partial charge >= 0.3 is 0 Å². The van der Waals surface area contributed by atoms with Gasteiger partial charge in [-0.3, -0.25) is 4.90 Å².